The van der Waals surface area contributed by atoms with Gasteiger partial charge in [-0.25, -0.2) is 13.4 Å². The molecular weight excluding hydrogens is 560 g/mol. The molecule has 0 unspecified atom stereocenters. The van der Waals surface area contributed by atoms with Crippen molar-refractivity contribution in [3.8, 4) is 11.5 Å². The fourth-order valence-corrected chi connectivity index (χ4v) is 7.30. The minimum atomic E-state index is -3.68. The van der Waals surface area contributed by atoms with Crippen LogP contribution in [0.5, 0.6) is 11.5 Å². The van der Waals surface area contributed by atoms with Gasteiger partial charge in [0.15, 0.2) is 5.13 Å². The number of hydrogen-bond donors (Lipinski definition) is 0. The van der Waals surface area contributed by atoms with Crippen LogP contribution in [-0.4, -0.2) is 55.9 Å². The van der Waals surface area contributed by atoms with E-state index in [4.69, 9.17) is 26.1 Å². The zero-order chi connectivity index (χ0) is 27.6. The number of thiazole rings is 1. The molecule has 0 atom stereocenters. The number of pyridine rings is 1. The van der Waals surface area contributed by atoms with Crippen molar-refractivity contribution in [3.05, 3.63) is 71.5 Å². The largest absolute Gasteiger partial charge is 0.495 e. The van der Waals surface area contributed by atoms with Crippen molar-refractivity contribution in [2.24, 2.45) is 5.92 Å². The highest BCUT2D eigenvalue weighted by atomic mass is 35.5. The molecule has 1 fully saturated rings. The Bertz CT molecular complexity index is 1530. The van der Waals surface area contributed by atoms with Crippen LogP contribution in [-0.2, 0) is 21.4 Å². The smallest absolute Gasteiger partial charge is 0.243 e. The summed E-state index contributed by atoms with van der Waals surface area (Å²) in [5.41, 5.74) is 1.47. The van der Waals surface area contributed by atoms with E-state index < -0.39 is 10.0 Å². The first-order valence-corrected chi connectivity index (χ1v) is 14.9. The summed E-state index contributed by atoms with van der Waals surface area (Å²) in [6.45, 7) is 0.758. The van der Waals surface area contributed by atoms with E-state index in [2.05, 4.69) is 4.98 Å². The van der Waals surface area contributed by atoms with Gasteiger partial charge in [0.25, 0.3) is 0 Å². The molecule has 0 spiro atoms. The fourth-order valence-electron chi connectivity index (χ4n) is 4.62. The average Bonchev–Trinajstić information content (AvgIpc) is 3.41. The third-order valence-electron chi connectivity index (χ3n) is 6.71. The van der Waals surface area contributed by atoms with Crippen molar-refractivity contribution >= 4 is 54.2 Å². The van der Waals surface area contributed by atoms with E-state index >= 15 is 0 Å². The first-order valence-electron chi connectivity index (χ1n) is 12.3. The Labute approximate surface area is 236 Å². The predicted octanol–water partition coefficient (Wildman–Crippen LogP) is 5.00. The van der Waals surface area contributed by atoms with E-state index in [9.17, 15) is 13.2 Å². The summed E-state index contributed by atoms with van der Waals surface area (Å²) >= 11 is 7.28. The third kappa shape index (κ3) is 5.58. The van der Waals surface area contributed by atoms with Crippen LogP contribution in [0.4, 0.5) is 5.13 Å². The van der Waals surface area contributed by atoms with Gasteiger partial charge in [-0.3, -0.25) is 14.7 Å². The average molecular weight is 587 g/mol. The normalized spacial score (nSPS) is 14.8. The standard InChI is InChI=1S/C27H27ClN4O5S2/c1-36-22-9-10-23(37-2)25-24(22)30-27(38-25)32(17-18-4-3-13-29-16-18)26(33)19-11-14-31(15-12-19)39(34,35)21-7-5-20(28)6-8-21/h3-10,13,16,19H,11-12,14-15,17H2,1-2H3. The van der Waals surface area contributed by atoms with Crippen molar-refractivity contribution < 1.29 is 22.7 Å². The number of anilines is 1. The Morgan fingerprint density at radius 3 is 2.41 bits per heavy atom. The van der Waals surface area contributed by atoms with Crippen LogP contribution in [0.1, 0.15) is 18.4 Å². The van der Waals surface area contributed by atoms with Crippen molar-refractivity contribution in [1.29, 1.82) is 0 Å². The number of rotatable bonds is 8. The molecule has 39 heavy (non-hydrogen) atoms. The van der Waals surface area contributed by atoms with E-state index in [0.29, 0.717) is 40.0 Å². The van der Waals surface area contributed by atoms with Gasteiger partial charge in [0.2, 0.25) is 15.9 Å². The van der Waals surface area contributed by atoms with Crippen LogP contribution in [0.25, 0.3) is 10.2 Å². The van der Waals surface area contributed by atoms with Gasteiger partial charge in [0, 0.05) is 36.4 Å². The maximum Gasteiger partial charge on any atom is 0.243 e. The van der Waals surface area contributed by atoms with Crippen LogP contribution in [0.3, 0.4) is 0 Å². The minimum absolute atomic E-state index is 0.112. The molecule has 4 aromatic rings. The molecule has 0 N–H and O–H groups in total. The van der Waals surface area contributed by atoms with E-state index in [-0.39, 0.29) is 36.4 Å². The number of carbonyl (C=O) groups excluding carboxylic acids is 1. The summed E-state index contributed by atoms with van der Waals surface area (Å²) in [6.07, 6.45) is 4.19. The van der Waals surface area contributed by atoms with Crippen LogP contribution in [0.2, 0.25) is 5.02 Å². The molecule has 1 amide bonds. The van der Waals surface area contributed by atoms with Gasteiger partial charge >= 0.3 is 0 Å². The van der Waals surface area contributed by atoms with Crippen LogP contribution in [0.15, 0.2) is 65.8 Å². The number of amides is 1. The maximum absolute atomic E-state index is 14.0. The molecule has 0 aliphatic carbocycles. The minimum Gasteiger partial charge on any atom is -0.495 e. The summed E-state index contributed by atoms with van der Waals surface area (Å²) in [7, 11) is -0.516. The number of ether oxygens (including phenoxy) is 2. The number of piperidine rings is 1. The van der Waals surface area contributed by atoms with Crippen LogP contribution >= 0.6 is 22.9 Å². The molecule has 0 saturated carbocycles. The number of carbonyl (C=O) groups is 1. The van der Waals surface area contributed by atoms with E-state index in [1.807, 2.05) is 18.2 Å². The van der Waals surface area contributed by atoms with Crippen LogP contribution in [0, 0.1) is 5.92 Å². The number of halogens is 1. The van der Waals surface area contributed by atoms with E-state index in [1.165, 1.54) is 27.8 Å². The molecule has 1 saturated heterocycles. The maximum atomic E-state index is 14.0. The second kappa shape index (κ2) is 11.5. The van der Waals surface area contributed by atoms with Gasteiger partial charge in [-0.05, 0) is 60.9 Å². The number of fused-ring (bicyclic) bond motifs is 1. The summed E-state index contributed by atoms with van der Waals surface area (Å²) in [6, 6.07) is 13.4. The summed E-state index contributed by atoms with van der Waals surface area (Å²) in [5.74, 6) is 0.750. The van der Waals surface area contributed by atoms with Gasteiger partial charge in [0.05, 0.1) is 25.7 Å². The molecule has 1 aliphatic rings. The highest BCUT2D eigenvalue weighted by molar-refractivity contribution is 7.89. The lowest BCUT2D eigenvalue weighted by Crippen LogP contribution is -2.44. The first-order chi connectivity index (χ1) is 18.8. The summed E-state index contributed by atoms with van der Waals surface area (Å²) in [5, 5.41) is 0.981. The number of sulfonamides is 1. The van der Waals surface area contributed by atoms with Crippen molar-refractivity contribution in [1.82, 2.24) is 14.3 Å². The number of hydrogen-bond acceptors (Lipinski definition) is 8. The second-order valence-corrected chi connectivity index (χ2v) is 12.4. The molecule has 9 nitrogen and oxygen atoms in total. The lowest BCUT2D eigenvalue weighted by molar-refractivity contribution is -0.123. The molecular formula is C27H27ClN4O5S2. The quantitative estimate of drug-likeness (QED) is 0.286. The molecule has 0 radical (unpaired) electrons. The Kier molecular flexibility index (Phi) is 8.03. The topological polar surface area (TPSA) is 102 Å². The Morgan fingerprint density at radius 2 is 1.77 bits per heavy atom. The zero-order valence-electron chi connectivity index (χ0n) is 21.4. The number of methoxy groups -OCH3 is 2. The summed E-state index contributed by atoms with van der Waals surface area (Å²) in [4.78, 5) is 24.8. The SMILES string of the molecule is COc1ccc(OC)c2sc(N(Cc3cccnc3)C(=O)C3CCN(S(=O)(=O)c4ccc(Cl)cc4)CC3)nc12. The van der Waals surface area contributed by atoms with Gasteiger partial charge in [-0.15, -0.1) is 0 Å². The number of aromatic nitrogens is 2. The van der Waals surface area contributed by atoms with Gasteiger partial charge in [-0.2, -0.15) is 4.31 Å². The van der Waals surface area contributed by atoms with E-state index in [0.717, 1.165) is 10.3 Å². The van der Waals surface area contributed by atoms with Crippen molar-refractivity contribution in [2.45, 2.75) is 24.3 Å². The third-order valence-corrected chi connectivity index (χ3v) is 9.97. The molecule has 5 rings (SSSR count). The van der Waals surface area contributed by atoms with E-state index in [1.54, 1.807) is 49.7 Å². The monoisotopic (exact) mass is 586 g/mol. The van der Waals surface area contributed by atoms with Gasteiger partial charge < -0.3 is 9.47 Å². The van der Waals surface area contributed by atoms with Crippen molar-refractivity contribution in [2.75, 3.05) is 32.2 Å². The van der Waals surface area contributed by atoms with Gasteiger partial charge in [-0.1, -0.05) is 29.0 Å². The molecule has 204 valence electrons. The molecule has 0 bridgehead atoms. The lowest BCUT2D eigenvalue weighted by Gasteiger charge is -2.33. The zero-order valence-corrected chi connectivity index (χ0v) is 23.8. The second-order valence-electron chi connectivity index (χ2n) is 9.06. The highest BCUT2D eigenvalue weighted by Gasteiger charge is 2.35. The Morgan fingerprint density at radius 1 is 1.08 bits per heavy atom. The first kappa shape index (κ1) is 27.3. The van der Waals surface area contributed by atoms with Gasteiger partial charge in [0.1, 0.15) is 21.7 Å². The molecule has 12 heteroatoms. The Hall–Kier alpha value is -3.25. The molecule has 2 aromatic heterocycles. The number of nitrogens with zero attached hydrogens (tertiary/aromatic N) is 4. The number of benzene rings is 2. The fraction of sp³-hybridized carbons (Fsp3) is 0.296. The lowest BCUT2D eigenvalue weighted by atomic mass is 9.96. The van der Waals surface area contributed by atoms with Crippen LogP contribution < -0.4 is 14.4 Å². The Balaban J connectivity index is 1.42. The summed E-state index contributed by atoms with van der Waals surface area (Å²) < 4.78 is 39.5. The molecule has 3 heterocycles. The highest BCUT2D eigenvalue weighted by Crippen LogP contribution is 2.41. The molecule has 2 aromatic carbocycles. The van der Waals surface area contributed by atoms with Crippen molar-refractivity contribution in [3.63, 3.8) is 0 Å². The molecule has 1 aliphatic heterocycles. The predicted molar refractivity (Wildman–Crippen MR) is 151 cm³/mol.